The Hall–Kier alpha value is -1.65. The van der Waals surface area contributed by atoms with Crippen LogP contribution in [-0.4, -0.2) is 22.1 Å². The first-order valence-electron chi connectivity index (χ1n) is 7.17. The van der Waals surface area contributed by atoms with Gasteiger partial charge in [0.05, 0.1) is 12.7 Å². The summed E-state index contributed by atoms with van der Waals surface area (Å²) in [5.41, 5.74) is 3.99. The van der Waals surface area contributed by atoms with Crippen LogP contribution >= 0.6 is 0 Å². The highest BCUT2D eigenvalue weighted by atomic mass is 16.5. The van der Waals surface area contributed by atoms with Gasteiger partial charge < -0.3 is 14.9 Å². The molecule has 0 radical (unpaired) electrons. The lowest BCUT2D eigenvalue weighted by Gasteiger charge is -2.17. The highest BCUT2D eigenvalue weighted by Gasteiger charge is 2.31. The number of carbonyl (C=O) groups excluding carboxylic acids is 1. The molecule has 1 aromatic rings. The number of phenols is 1. The van der Waals surface area contributed by atoms with Crippen molar-refractivity contribution < 1.29 is 19.7 Å². The number of aliphatic hydroxyl groups excluding tert-OH is 1. The van der Waals surface area contributed by atoms with Crippen molar-refractivity contribution in [3.8, 4) is 5.75 Å². The number of rotatable bonds is 5. The van der Waals surface area contributed by atoms with Crippen LogP contribution in [0.2, 0.25) is 0 Å². The van der Waals surface area contributed by atoms with Crippen molar-refractivity contribution in [3.05, 3.63) is 40.5 Å². The van der Waals surface area contributed by atoms with E-state index in [4.69, 9.17) is 4.74 Å². The van der Waals surface area contributed by atoms with Crippen molar-refractivity contribution in [2.45, 2.75) is 52.4 Å². The Morgan fingerprint density at radius 3 is 2.76 bits per heavy atom. The number of Topliss-reactive ketones (excluding diaryl/α,β-unsaturated/α-hetero) is 1. The molecule has 2 unspecified atom stereocenters. The molecule has 1 aliphatic rings. The van der Waals surface area contributed by atoms with Crippen molar-refractivity contribution in [1.29, 1.82) is 0 Å². The number of fused-ring (bicyclic) bond motifs is 1. The molecule has 21 heavy (non-hydrogen) atoms. The molecule has 2 atom stereocenters. The van der Waals surface area contributed by atoms with Gasteiger partial charge in [0.25, 0.3) is 0 Å². The van der Waals surface area contributed by atoms with Gasteiger partial charge in [0, 0.05) is 12.0 Å². The van der Waals surface area contributed by atoms with Crippen molar-refractivity contribution >= 4 is 5.78 Å². The summed E-state index contributed by atoms with van der Waals surface area (Å²) in [6.07, 6.45) is 1.73. The van der Waals surface area contributed by atoms with Crippen LogP contribution in [0.15, 0.2) is 23.8 Å². The van der Waals surface area contributed by atoms with Gasteiger partial charge in [-0.15, -0.1) is 0 Å². The molecular weight excluding hydrogens is 268 g/mol. The Labute approximate surface area is 125 Å². The van der Waals surface area contributed by atoms with Crippen molar-refractivity contribution in [1.82, 2.24) is 0 Å². The van der Waals surface area contributed by atoms with Crippen LogP contribution in [0.1, 0.15) is 50.0 Å². The minimum absolute atomic E-state index is 0.214. The van der Waals surface area contributed by atoms with Gasteiger partial charge in [-0.1, -0.05) is 17.7 Å². The molecule has 4 nitrogen and oxygen atoms in total. The lowest BCUT2D eigenvalue weighted by molar-refractivity contribution is -0.126. The standard InChI is InChI=1S/C17H22O4/c1-10(2)4-5-12-6-7-14(19)13-9-21-16(17(12)13)8-15(20)11(3)18/h4,6-7,15-16,19-20H,5,8-9H2,1-3H3. The van der Waals surface area contributed by atoms with Crippen LogP contribution in [0.4, 0.5) is 0 Å². The van der Waals surface area contributed by atoms with Gasteiger partial charge in [0.1, 0.15) is 11.9 Å². The average Bonchev–Trinajstić information content (AvgIpc) is 2.83. The first-order valence-corrected chi connectivity index (χ1v) is 7.17. The molecule has 0 saturated heterocycles. The van der Waals surface area contributed by atoms with E-state index in [1.807, 2.05) is 19.9 Å². The SMILES string of the molecule is CC(=O)C(O)CC1OCc2c(O)ccc(CC=C(C)C)c21. The number of benzene rings is 1. The van der Waals surface area contributed by atoms with E-state index < -0.39 is 6.10 Å². The molecule has 0 bridgehead atoms. The quantitative estimate of drug-likeness (QED) is 0.818. The van der Waals surface area contributed by atoms with Gasteiger partial charge in [0.2, 0.25) is 0 Å². The monoisotopic (exact) mass is 290 g/mol. The number of aliphatic hydroxyl groups is 1. The van der Waals surface area contributed by atoms with Crippen molar-refractivity contribution in [3.63, 3.8) is 0 Å². The van der Waals surface area contributed by atoms with Gasteiger partial charge in [-0.3, -0.25) is 4.79 Å². The normalized spacial score (nSPS) is 18.2. The summed E-state index contributed by atoms with van der Waals surface area (Å²) in [6.45, 7) is 5.76. The molecule has 0 saturated carbocycles. The lowest BCUT2D eigenvalue weighted by atomic mass is 9.92. The lowest BCUT2D eigenvalue weighted by Crippen LogP contribution is -2.20. The van der Waals surface area contributed by atoms with Crippen LogP contribution in [0.5, 0.6) is 5.75 Å². The molecule has 0 amide bonds. The summed E-state index contributed by atoms with van der Waals surface area (Å²) in [6, 6.07) is 3.57. The maximum Gasteiger partial charge on any atom is 0.158 e. The number of allylic oxidation sites excluding steroid dienone is 2. The number of phenolic OH excluding ortho intramolecular Hbond substituents is 1. The molecule has 0 spiro atoms. The number of aromatic hydroxyl groups is 1. The van der Waals surface area contributed by atoms with E-state index in [9.17, 15) is 15.0 Å². The van der Waals surface area contributed by atoms with E-state index in [0.29, 0.717) is 6.61 Å². The maximum atomic E-state index is 11.2. The third-order valence-corrected chi connectivity index (χ3v) is 3.81. The highest BCUT2D eigenvalue weighted by Crippen LogP contribution is 2.41. The smallest absolute Gasteiger partial charge is 0.158 e. The summed E-state index contributed by atoms with van der Waals surface area (Å²) in [5.74, 6) is -0.0520. The van der Waals surface area contributed by atoms with Crippen LogP contribution in [-0.2, 0) is 22.6 Å². The summed E-state index contributed by atoms with van der Waals surface area (Å²) >= 11 is 0. The Balaban J connectivity index is 2.32. The summed E-state index contributed by atoms with van der Waals surface area (Å²) in [4.78, 5) is 11.2. The second-order valence-corrected chi connectivity index (χ2v) is 5.78. The fraction of sp³-hybridized carbons (Fsp3) is 0.471. The molecule has 2 rings (SSSR count). The summed E-state index contributed by atoms with van der Waals surface area (Å²) < 4.78 is 5.68. The second kappa shape index (κ2) is 6.41. The van der Waals surface area contributed by atoms with Gasteiger partial charge in [-0.2, -0.15) is 0 Å². The average molecular weight is 290 g/mol. The first kappa shape index (κ1) is 15.7. The number of ketones is 1. The van der Waals surface area contributed by atoms with Crippen LogP contribution < -0.4 is 0 Å². The summed E-state index contributed by atoms with van der Waals surface area (Å²) in [5, 5.41) is 19.8. The summed E-state index contributed by atoms with van der Waals surface area (Å²) in [7, 11) is 0. The molecule has 4 heteroatoms. The Bertz CT molecular complexity index is 570. The van der Waals surface area contributed by atoms with Crippen LogP contribution in [0.3, 0.4) is 0 Å². The second-order valence-electron chi connectivity index (χ2n) is 5.78. The third kappa shape index (κ3) is 3.52. The minimum atomic E-state index is -1.03. The van der Waals surface area contributed by atoms with Gasteiger partial charge in [-0.05, 0) is 44.4 Å². The van der Waals surface area contributed by atoms with Crippen LogP contribution in [0.25, 0.3) is 0 Å². The van der Waals surface area contributed by atoms with E-state index in [1.165, 1.54) is 12.5 Å². The Morgan fingerprint density at radius 1 is 1.43 bits per heavy atom. The molecule has 0 aliphatic carbocycles. The predicted octanol–water partition coefficient (Wildman–Crippen LogP) is 2.81. The number of hydrogen-bond donors (Lipinski definition) is 2. The topological polar surface area (TPSA) is 66.8 Å². The fourth-order valence-electron chi connectivity index (χ4n) is 2.57. The van der Waals surface area contributed by atoms with Crippen molar-refractivity contribution in [2.24, 2.45) is 0 Å². The van der Waals surface area contributed by atoms with Gasteiger partial charge in [0.15, 0.2) is 5.78 Å². The third-order valence-electron chi connectivity index (χ3n) is 3.81. The maximum absolute atomic E-state index is 11.2. The van der Waals surface area contributed by atoms with Gasteiger partial charge >= 0.3 is 0 Å². The van der Waals surface area contributed by atoms with E-state index >= 15 is 0 Å². The number of carbonyl (C=O) groups is 1. The molecule has 0 fully saturated rings. The largest absolute Gasteiger partial charge is 0.508 e. The molecule has 1 heterocycles. The van der Waals surface area contributed by atoms with E-state index in [0.717, 1.165) is 23.1 Å². The Morgan fingerprint density at radius 2 is 2.14 bits per heavy atom. The number of hydrogen-bond acceptors (Lipinski definition) is 4. The fourth-order valence-corrected chi connectivity index (χ4v) is 2.57. The number of ether oxygens (including phenoxy) is 1. The van der Waals surface area contributed by atoms with E-state index in [-0.39, 0.29) is 24.1 Å². The molecule has 1 aromatic carbocycles. The highest BCUT2D eigenvalue weighted by molar-refractivity contribution is 5.80. The zero-order chi connectivity index (χ0) is 15.6. The van der Waals surface area contributed by atoms with Crippen molar-refractivity contribution in [2.75, 3.05) is 0 Å². The van der Waals surface area contributed by atoms with Gasteiger partial charge in [-0.25, -0.2) is 0 Å². The zero-order valence-corrected chi connectivity index (χ0v) is 12.7. The van der Waals surface area contributed by atoms with Crippen LogP contribution in [0, 0.1) is 0 Å². The van der Waals surface area contributed by atoms with E-state index in [2.05, 4.69) is 6.08 Å². The zero-order valence-electron chi connectivity index (χ0n) is 12.7. The Kier molecular flexibility index (Phi) is 4.80. The molecule has 0 aromatic heterocycles. The molecule has 114 valence electrons. The molecular formula is C17H22O4. The predicted molar refractivity (Wildman–Crippen MR) is 80.1 cm³/mol. The first-order chi connectivity index (χ1) is 9.90. The minimum Gasteiger partial charge on any atom is -0.508 e. The molecule has 1 aliphatic heterocycles. The molecule has 2 N–H and O–H groups in total. The van der Waals surface area contributed by atoms with E-state index in [1.54, 1.807) is 6.07 Å².